The van der Waals surface area contributed by atoms with Gasteiger partial charge in [0.15, 0.2) is 5.79 Å². The first-order valence-corrected chi connectivity index (χ1v) is 6.23. The highest BCUT2D eigenvalue weighted by Gasteiger charge is 2.32. The van der Waals surface area contributed by atoms with Crippen LogP contribution in [0.15, 0.2) is 0 Å². The average Bonchev–Trinajstić information content (AvgIpc) is 2.55. The van der Waals surface area contributed by atoms with Crippen LogP contribution in [0, 0.1) is 0 Å². The van der Waals surface area contributed by atoms with Crippen LogP contribution in [0.2, 0.25) is 0 Å². The van der Waals surface area contributed by atoms with Crippen molar-refractivity contribution in [2.45, 2.75) is 58.0 Å². The number of ether oxygens (including phenoxy) is 2. The molecule has 5 heteroatoms. The van der Waals surface area contributed by atoms with Gasteiger partial charge in [-0.25, -0.2) is 0 Å². The first kappa shape index (κ1) is 14.4. The molecule has 0 aliphatic carbocycles. The van der Waals surface area contributed by atoms with Crippen LogP contribution >= 0.6 is 0 Å². The van der Waals surface area contributed by atoms with Gasteiger partial charge in [0.05, 0.1) is 6.61 Å². The highest BCUT2D eigenvalue weighted by molar-refractivity contribution is 5.75. The Morgan fingerprint density at radius 2 is 2.29 bits per heavy atom. The number of hydrogen-bond acceptors (Lipinski definition) is 4. The Morgan fingerprint density at radius 3 is 2.82 bits per heavy atom. The Balaban J connectivity index is 2.08. The zero-order chi connectivity index (χ0) is 12.9. The lowest BCUT2D eigenvalue weighted by Gasteiger charge is -2.17. The van der Waals surface area contributed by atoms with Crippen molar-refractivity contribution in [2.75, 3.05) is 13.2 Å². The molecule has 1 heterocycles. The predicted octanol–water partition coefficient (Wildman–Crippen LogP) is 0.772. The van der Waals surface area contributed by atoms with Gasteiger partial charge in [-0.3, -0.25) is 4.79 Å². The molecule has 0 radical (unpaired) electrons. The van der Waals surface area contributed by atoms with Gasteiger partial charge in [-0.1, -0.05) is 0 Å². The van der Waals surface area contributed by atoms with Gasteiger partial charge in [0.1, 0.15) is 6.10 Å². The second-order valence-corrected chi connectivity index (χ2v) is 5.12. The summed E-state index contributed by atoms with van der Waals surface area (Å²) >= 11 is 0. The van der Waals surface area contributed by atoms with E-state index < -0.39 is 5.79 Å². The van der Waals surface area contributed by atoms with Crippen molar-refractivity contribution in [3.05, 3.63) is 0 Å². The number of nitrogens with one attached hydrogen (secondary N) is 1. The molecule has 1 aliphatic rings. The molecule has 0 aromatic rings. The average molecular weight is 244 g/mol. The molecule has 0 aromatic carbocycles. The SMILES string of the molecule is CC(N)CCCC(=O)NCC1COC(C)(C)O1. The van der Waals surface area contributed by atoms with E-state index in [1.165, 1.54) is 0 Å². The summed E-state index contributed by atoms with van der Waals surface area (Å²) in [4.78, 5) is 11.5. The van der Waals surface area contributed by atoms with Gasteiger partial charge in [0.2, 0.25) is 5.91 Å². The van der Waals surface area contributed by atoms with E-state index in [4.69, 9.17) is 15.2 Å². The maximum atomic E-state index is 11.5. The van der Waals surface area contributed by atoms with Crippen molar-refractivity contribution in [3.8, 4) is 0 Å². The molecule has 1 saturated heterocycles. The third kappa shape index (κ3) is 6.00. The van der Waals surface area contributed by atoms with E-state index in [0.717, 1.165) is 12.8 Å². The number of nitrogens with two attached hydrogens (primary N) is 1. The molecule has 0 spiro atoms. The molecule has 1 fully saturated rings. The highest BCUT2D eigenvalue weighted by Crippen LogP contribution is 2.21. The third-order valence-electron chi connectivity index (χ3n) is 2.66. The molecule has 2 unspecified atom stereocenters. The zero-order valence-corrected chi connectivity index (χ0v) is 11.0. The van der Waals surface area contributed by atoms with Crippen LogP contribution in [0.3, 0.4) is 0 Å². The molecule has 3 N–H and O–H groups in total. The molecule has 100 valence electrons. The monoisotopic (exact) mass is 244 g/mol. The molecule has 1 amide bonds. The minimum absolute atomic E-state index is 0.0395. The number of carbonyl (C=O) groups is 1. The Kier molecular flexibility index (Phi) is 5.36. The summed E-state index contributed by atoms with van der Waals surface area (Å²) in [6.45, 7) is 6.74. The topological polar surface area (TPSA) is 73.6 Å². The Morgan fingerprint density at radius 1 is 1.59 bits per heavy atom. The van der Waals surface area contributed by atoms with Gasteiger partial charge in [0.25, 0.3) is 0 Å². The first-order valence-electron chi connectivity index (χ1n) is 6.23. The molecular weight excluding hydrogens is 220 g/mol. The van der Waals surface area contributed by atoms with Crippen molar-refractivity contribution >= 4 is 5.91 Å². The molecule has 0 aromatic heterocycles. The van der Waals surface area contributed by atoms with Gasteiger partial charge in [0, 0.05) is 19.0 Å². The predicted molar refractivity (Wildman–Crippen MR) is 65.4 cm³/mol. The van der Waals surface area contributed by atoms with E-state index in [-0.39, 0.29) is 18.1 Å². The summed E-state index contributed by atoms with van der Waals surface area (Å²) in [7, 11) is 0. The van der Waals surface area contributed by atoms with Crippen LogP contribution in [0.1, 0.15) is 40.0 Å². The maximum Gasteiger partial charge on any atom is 0.220 e. The number of amides is 1. The second-order valence-electron chi connectivity index (χ2n) is 5.12. The molecule has 0 saturated carbocycles. The minimum atomic E-state index is -0.523. The summed E-state index contributed by atoms with van der Waals surface area (Å²) in [5.74, 6) is -0.469. The Bertz CT molecular complexity index is 254. The summed E-state index contributed by atoms with van der Waals surface area (Å²) < 4.78 is 11.0. The van der Waals surface area contributed by atoms with Gasteiger partial charge in [-0.2, -0.15) is 0 Å². The lowest BCUT2D eigenvalue weighted by atomic mass is 10.1. The molecular formula is C12H24N2O3. The standard InChI is InChI=1S/C12H24N2O3/c1-9(13)5-4-6-11(15)14-7-10-8-16-12(2,3)17-10/h9-10H,4-8,13H2,1-3H3,(H,14,15). The van der Waals surface area contributed by atoms with E-state index in [0.29, 0.717) is 19.6 Å². The lowest BCUT2D eigenvalue weighted by Crippen LogP contribution is -2.34. The molecule has 0 bridgehead atoms. The zero-order valence-electron chi connectivity index (χ0n) is 11.0. The van der Waals surface area contributed by atoms with Crippen molar-refractivity contribution in [1.29, 1.82) is 0 Å². The summed E-state index contributed by atoms with van der Waals surface area (Å²) in [6.07, 6.45) is 2.20. The molecule has 1 rings (SSSR count). The fraction of sp³-hybridized carbons (Fsp3) is 0.917. The van der Waals surface area contributed by atoms with Crippen LogP contribution in [0.4, 0.5) is 0 Å². The van der Waals surface area contributed by atoms with Crippen molar-refractivity contribution in [2.24, 2.45) is 5.73 Å². The maximum absolute atomic E-state index is 11.5. The van der Waals surface area contributed by atoms with Crippen LogP contribution in [0.25, 0.3) is 0 Å². The second kappa shape index (κ2) is 6.33. The van der Waals surface area contributed by atoms with Crippen molar-refractivity contribution in [3.63, 3.8) is 0 Å². The lowest BCUT2D eigenvalue weighted by molar-refractivity contribution is -0.139. The van der Waals surface area contributed by atoms with Gasteiger partial charge in [-0.15, -0.1) is 0 Å². The van der Waals surface area contributed by atoms with Crippen molar-refractivity contribution in [1.82, 2.24) is 5.32 Å². The largest absolute Gasteiger partial charge is 0.353 e. The van der Waals surface area contributed by atoms with Crippen molar-refractivity contribution < 1.29 is 14.3 Å². The summed E-state index contributed by atoms with van der Waals surface area (Å²) in [5, 5.41) is 2.85. The molecule has 17 heavy (non-hydrogen) atoms. The fourth-order valence-corrected chi connectivity index (χ4v) is 1.76. The normalized spacial score (nSPS) is 24.6. The van der Waals surface area contributed by atoms with Gasteiger partial charge < -0.3 is 20.5 Å². The van der Waals surface area contributed by atoms with Crippen LogP contribution in [0.5, 0.6) is 0 Å². The summed E-state index contributed by atoms with van der Waals surface area (Å²) in [6, 6.07) is 0.162. The molecule has 2 atom stereocenters. The quantitative estimate of drug-likeness (QED) is 0.724. The van der Waals surface area contributed by atoms with Gasteiger partial charge >= 0.3 is 0 Å². The van der Waals surface area contributed by atoms with Crippen LogP contribution in [-0.4, -0.2) is 37.0 Å². The number of rotatable bonds is 6. The molecule has 1 aliphatic heterocycles. The fourth-order valence-electron chi connectivity index (χ4n) is 1.76. The smallest absolute Gasteiger partial charge is 0.220 e. The highest BCUT2D eigenvalue weighted by atomic mass is 16.7. The van der Waals surface area contributed by atoms with Crippen LogP contribution < -0.4 is 11.1 Å². The molecule has 5 nitrogen and oxygen atoms in total. The summed E-state index contributed by atoms with van der Waals surface area (Å²) in [5.41, 5.74) is 5.61. The Labute approximate surface area is 103 Å². The first-order chi connectivity index (χ1) is 7.89. The van der Waals surface area contributed by atoms with E-state index in [1.807, 2.05) is 20.8 Å². The number of hydrogen-bond donors (Lipinski definition) is 2. The minimum Gasteiger partial charge on any atom is -0.353 e. The Hall–Kier alpha value is -0.650. The van der Waals surface area contributed by atoms with E-state index in [9.17, 15) is 4.79 Å². The number of carbonyl (C=O) groups excluding carboxylic acids is 1. The third-order valence-corrected chi connectivity index (χ3v) is 2.66. The van der Waals surface area contributed by atoms with Crippen LogP contribution in [-0.2, 0) is 14.3 Å². The van der Waals surface area contributed by atoms with E-state index >= 15 is 0 Å². The van der Waals surface area contributed by atoms with Gasteiger partial charge in [-0.05, 0) is 33.6 Å². The van der Waals surface area contributed by atoms with E-state index in [2.05, 4.69) is 5.32 Å². The van der Waals surface area contributed by atoms with E-state index in [1.54, 1.807) is 0 Å².